The highest BCUT2D eigenvalue weighted by Crippen LogP contribution is 2.18. The second kappa shape index (κ2) is 10.4. The highest BCUT2D eigenvalue weighted by atomic mass is 32.2. The van der Waals surface area contributed by atoms with E-state index in [4.69, 9.17) is 4.74 Å². The molecule has 1 heterocycles. The smallest absolute Gasteiger partial charge is 0.303 e. The summed E-state index contributed by atoms with van der Waals surface area (Å²) in [6.07, 6.45) is 6.45. The minimum absolute atomic E-state index is 0.0311. The largest absolute Gasteiger partial charge is 0.459 e. The molecule has 0 aliphatic heterocycles. The monoisotopic (exact) mass is 459 g/mol. The summed E-state index contributed by atoms with van der Waals surface area (Å²) in [5, 5.41) is 2.97. The Morgan fingerprint density at radius 1 is 0.969 bits per heavy atom. The van der Waals surface area contributed by atoms with Crippen molar-refractivity contribution in [3.8, 4) is 0 Å². The lowest BCUT2D eigenvalue weighted by atomic mass is 9.95. The molecule has 0 atom stereocenters. The van der Waals surface area contributed by atoms with Crippen molar-refractivity contribution in [2.24, 2.45) is 0 Å². The van der Waals surface area contributed by atoms with Crippen molar-refractivity contribution in [2.75, 3.05) is 0 Å². The summed E-state index contributed by atoms with van der Waals surface area (Å²) >= 11 is 0. The fourth-order valence-corrected chi connectivity index (χ4v) is 4.33. The van der Waals surface area contributed by atoms with Crippen LogP contribution in [0.4, 0.5) is 0 Å². The molecule has 170 valence electrons. The summed E-state index contributed by atoms with van der Waals surface area (Å²) < 4.78 is 31.9. The van der Waals surface area contributed by atoms with Crippen molar-refractivity contribution in [2.45, 2.75) is 56.6 Å². The van der Waals surface area contributed by atoms with E-state index in [9.17, 15) is 22.8 Å². The summed E-state index contributed by atoms with van der Waals surface area (Å²) in [7, 11) is -4.14. The number of hydrogen-bond donors (Lipinski definition) is 2. The second-order valence-corrected chi connectivity index (χ2v) is 9.27. The molecular weight excluding hydrogens is 434 g/mol. The van der Waals surface area contributed by atoms with Gasteiger partial charge in [0.15, 0.2) is 0 Å². The van der Waals surface area contributed by atoms with Crippen LogP contribution in [0.2, 0.25) is 0 Å². The molecule has 2 amide bonds. The molecule has 1 aliphatic rings. The third kappa shape index (κ3) is 6.36. The number of carbonyl (C=O) groups is 3. The van der Waals surface area contributed by atoms with Crippen molar-refractivity contribution in [3.05, 3.63) is 59.4 Å². The molecule has 1 aromatic heterocycles. The van der Waals surface area contributed by atoms with Crippen LogP contribution in [0.5, 0.6) is 0 Å². The molecule has 1 aromatic carbocycles. The molecule has 2 N–H and O–H groups in total. The fourth-order valence-electron chi connectivity index (χ4n) is 3.36. The Bertz CT molecular complexity index is 1080. The molecule has 0 saturated heterocycles. The van der Waals surface area contributed by atoms with Gasteiger partial charge < -0.3 is 10.1 Å². The summed E-state index contributed by atoms with van der Waals surface area (Å²) in [5.41, 5.74) is 0.804. The maximum absolute atomic E-state index is 12.5. The molecule has 9 nitrogen and oxygen atoms in total. The molecule has 2 aromatic rings. The molecule has 3 rings (SSSR count). The standard InChI is InChI=1S/C22H25N3O6S/c1-15(26)31-14-19-10-7-17(13-23-19)22(28)25-32(29,30)20-11-8-16(9-12-20)21(27)24-18-5-3-2-4-6-18/h7-13,18H,2-6,14H2,1H3,(H,24,27)(H,25,28). The van der Waals surface area contributed by atoms with Crippen molar-refractivity contribution >= 4 is 27.8 Å². The van der Waals surface area contributed by atoms with Crippen LogP contribution in [0.25, 0.3) is 0 Å². The Kier molecular flexibility index (Phi) is 7.57. The van der Waals surface area contributed by atoms with Crippen LogP contribution in [-0.2, 0) is 26.2 Å². The van der Waals surface area contributed by atoms with Crippen LogP contribution in [0.15, 0.2) is 47.5 Å². The summed E-state index contributed by atoms with van der Waals surface area (Å²) in [6, 6.07) is 8.40. The average Bonchev–Trinajstić information content (AvgIpc) is 2.78. The van der Waals surface area contributed by atoms with Gasteiger partial charge in [-0.05, 0) is 49.2 Å². The Balaban J connectivity index is 1.61. The van der Waals surface area contributed by atoms with E-state index in [1.165, 1.54) is 55.9 Å². The average molecular weight is 460 g/mol. The van der Waals surface area contributed by atoms with E-state index in [0.717, 1.165) is 25.7 Å². The van der Waals surface area contributed by atoms with Gasteiger partial charge >= 0.3 is 5.97 Å². The van der Waals surface area contributed by atoms with Gasteiger partial charge in [0.1, 0.15) is 6.61 Å². The number of benzene rings is 1. The predicted molar refractivity (Wildman–Crippen MR) is 115 cm³/mol. The van der Waals surface area contributed by atoms with E-state index in [1.807, 2.05) is 4.72 Å². The highest BCUT2D eigenvalue weighted by molar-refractivity contribution is 7.90. The molecular formula is C22H25N3O6S. The summed E-state index contributed by atoms with van der Waals surface area (Å²) in [6.45, 7) is 1.22. The van der Waals surface area contributed by atoms with Crippen molar-refractivity contribution < 1.29 is 27.5 Å². The number of carbonyl (C=O) groups excluding carboxylic acids is 3. The van der Waals surface area contributed by atoms with Crippen LogP contribution in [0, 0.1) is 0 Å². The first-order valence-electron chi connectivity index (χ1n) is 10.3. The molecule has 0 unspecified atom stereocenters. The molecule has 1 fully saturated rings. The number of amides is 2. The van der Waals surface area contributed by atoms with Gasteiger partial charge in [-0.25, -0.2) is 13.1 Å². The van der Waals surface area contributed by atoms with E-state index in [2.05, 4.69) is 10.3 Å². The topological polar surface area (TPSA) is 132 Å². The van der Waals surface area contributed by atoms with E-state index in [-0.39, 0.29) is 29.0 Å². The van der Waals surface area contributed by atoms with Crippen LogP contribution < -0.4 is 10.0 Å². The Morgan fingerprint density at radius 2 is 1.62 bits per heavy atom. The quantitative estimate of drug-likeness (QED) is 0.608. The van der Waals surface area contributed by atoms with Crippen LogP contribution in [-0.4, -0.2) is 37.2 Å². The van der Waals surface area contributed by atoms with Gasteiger partial charge in [-0.1, -0.05) is 19.3 Å². The van der Waals surface area contributed by atoms with Crippen molar-refractivity contribution in [1.29, 1.82) is 0 Å². The Hall–Kier alpha value is -3.27. The zero-order valence-corrected chi connectivity index (χ0v) is 18.5. The Labute approximate surface area is 186 Å². The fraction of sp³-hybridized carbons (Fsp3) is 0.364. The normalized spacial score (nSPS) is 14.4. The minimum atomic E-state index is -4.14. The number of sulfonamides is 1. The number of nitrogens with one attached hydrogen (secondary N) is 2. The molecule has 0 bridgehead atoms. The summed E-state index contributed by atoms with van der Waals surface area (Å²) in [5.74, 6) is -1.56. The van der Waals surface area contributed by atoms with E-state index in [0.29, 0.717) is 11.3 Å². The first-order valence-corrected chi connectivity index (χ1v) is 11.8. The summed E-state index contributed by atoms with van der Waals surface area (Å²) in [4.78, 5) is 39.4. The number of esters is 1. The van der Waals surface area contributed by atoms with Crippen molar-refractivity contribution in [1.82, 2.24) is 15.0 Å². The molecule has 10 heteroatoms. The molecule has 1 saturated carbocycles. The molecule has 0 spiro atoms. The first kappa shape index (κ1) is 23.4. The third-order valence-electron chi connectivity index (χ3n) is 5.10. The van der Waals surface area contributed by atoms with Crippen LogP contribution in [0.1, 0.15) is 65.4 Å². The van der Waals surface area contributed by atoms with Gasteiger partial charge in [0.2, 0.25) is 0 Å². The second-order valence-electron chi connectivity index (χ2n) is 7.59. The van der Waals surface area contributed by atoms with E-state index < -0.39 is 21.9 Å². The number of hydrogen-bond acceptors (Lipinski definition) is 7. The van der Waals surface area contributed by atoms with Gasteiger partial charge in [0.25, 0.3) is 21.8 Å². The number of nitrogens with zero attached hydrogens (tertiary/aromatic N) is 1. The van der Waals surface area contributed by atoms with E-state index >= 15 is 0 Å². The van der Waals surface area contributed by atoms with Gasteiger partial charge in [-0.2, -0.15) is 0 Å². The lowest BCUT2D eigenvalue weighted by Gasteiger charge is -2.22. The SMILES string of the molecule is CC(=O)OCc1ccc(C(=O)NS(=O)(=O)c2ccc(C(=O)NC3CCCCC3)cc2)cn1. The number of aromatic nitrogens is 1. The number of rotatable bonds is 7. The zero-order chi connectivity index (χ0) is 23.1. The molecule has 32 heavy (non-hydrogen) atoms. The van der Waals surface area contributed by atoms with Crippen LogP contribution in [0.3, 0.4) is 0 Å². The maximum Gasteiger partial charge on any atom is 0.303 e. The van der Waals surface area contributed by atoms with Gasteiger partial charge in [0.05, 0.1) is 16.2 Å². The minimum Gasteiger partial charge on any atom is -0.459 e. The van der Waals surface area contributed by atoms with Gasteiger partial charge in [-0.15, -0.1) is 0 Å². The van der Waals surface area contributed by atoms with E-state index in [1.54, 1.807) is 0 Å². The lowest BCUT2D eigenvalue weighted by molar-refractivity contribution is -0.142. The van der Waals surface area contributed by atoms with Crippen molar-refractivity contribution in [3.63, 3.8) is 0 Å². The first-order chi connectivity index (χ1) is 15.2. The molecule has 0 radical (unpaired) electrons. The third-order valence-corrected chi connectivity index (χ3v) is 6.45. The predicted octanol–water partition coefficient (Wildman–Crippen LogP) is 2.33. The number of pyridine rings is 1. The Morgan fingerprint density at radius 3 is 2.22 bits per heavy atom. The number of ether oxygens (including phenoxy) is 1. The zero-order valence-electron chi connectivity index (χ0n) is 17.7. The maximum atomic E-state index is 12.5. The highest BCUT2D eigenvalue weighted by Gasteiger charge is 2.21. The molecule has 1 aliphatic carbocycles. The van der Waals surface area contributed by atoms with Gasteiger partial charge in [-0.3, -0.25) is 19.4 Å². The lowest BCUT2D eigenvalue weighted by Crippen LogP contribution is -2.36. The van der Waals surface area contributed by atoms with Gasteiger partial charge in [0, 0.05) is 24.7 Å². The van der Waals surface area contributed by atoms with Crippen LogP contribution >= 0.6 is 0 Å².